The highest BCUT2D eigenvalue weighted by Crippen LogP contribution is 2.33. The van der Waals surface area contributed by atoms with Gasteiger partial charge in [0.05, 0.1) is 16.3 Å². The van der Waals surface area contributed by atoms with Gasteiger partial charge in [0.15, 0.2) is 10.9 Å². The van der Waals surface area contributed by atoms with Crippen molar-refractivity contribution in [2.24, 2.45) is 0 Å². The van der Waals surface area contributed by atoms with Crippen molar-refractivity contribution in [1.82, 2.24) is 9.97 Å². The van der Waals surface area contributed by atoms with E-state index in [1.165, 1.54) is 24.3 Å². The minimum atomic E-state index is -4.63. The Balaban J connectivity index is 1.74. The summed E-state index contributed by atoms with van der Waals surface area (Å²) >= 11 is 2.06. The first-order valence-electron chi connectivity index (χ1n) is 8.26. The molecule has 3 aromatic rings. The molecule has 3 rings (SSSR count). The number of anilines is 1. The second-order valence-corrected chi connectivity index (χ2v) is 7.76. The monoisotopic (exact) mass is 437 g/mol. The van der Waals surface area contributed by atoms with E-state index in [1.807, 2.05) is 0 Å². The number of nitrogens with one attached hydrogen (secondary N) is 1. The SMILES string of the molecule is CC(=O)c1cccc(NC(=O)CSc2nc(-c3cccs3)cc(C(F)(F)F)n2)c1. The van der Waals surface area contributed by atoms with Gasteiger partial charge in [-0.25, -0.2) is 9.97 Å². The summed E-state index contributed by atoms with van der Waals surface area (Å²) in [4.78, 5) is 31.8. The van der Waals surface area contributed by atoms with Gasteiger partial charge < -0.3 is 5.32 Å². The number of hydrogen-bond acceptors (Lipinski definition) is 6. The molecule has 0 saturated carbocycles. The predicted molar refractivity (Wildman–Crippen MR) is 106 cm³/mol. The van der Waals surface area contributed by atoms with Crippen LogP contribution >= 0.6 is 23.1 Å². The molecular formula is C19H14F3N3O2S2. The summed E-state index contributed by atoms with van der Waals surface area (Å²) in [7, 11) is 0. The molecule has 0 fully saturated rings. The maximum atomic E-state index is 13.2. The Kier molecular flexibility index (Phi) is 6.33. The van der Waals surface area contributed by atoms with Crippen molar-refractivity contribution in [2.45, 2.75) is 18.3 Å². The van der Waals surface area contributed by atoms with E-state index in [0.717, 1.165) is 17.8 Å². The van der Waals surface area contributed by atoms with Crippen LogP contribution in [0.15, 0.2) is 53.0 Å². The van der Waals surface area contributed by atoms with Crippen LogP contribution in [0.5, 0.6) is 0 Å². The van der Waals surface area contributed by atoms with Gasteiger partial charge in [-0.05, 0) is 36.6 Å². The Morgan fingerprint density at radius 2 is 1.93 bits per heavy atom. The maximum Gasteiger partial charge on any atom is 0.433 e. The Hall–Kier alpha value is -2.72. The van der Waals surface area contributed by atoms with Crippen molar-refractivity contribution in [3.63, 3.8) is 0 Å². The number of thioether (sulfide) groups is 1. The fraction of sp³-hybridized carbons (Fsp3) is 0.158. The molecule has 0 aliphatic heterocycles. The summed E-state index contributed by atoms with van der Waals surface area (Å²) < 4.78 is 39.5. The van der Waals surface area contributed by atoms with Gasteiger partial charge in [0, 0.05) is 11.3 Å². The van der Waals surface area contributed by atoms with Gasteiger partial charge in [-0.2, -0.15) is 13.2 Å². The number of benzene rings is 1. The van der Waals surface area contributed by atoms with Crippen molar-refractivity contribution in [3.8, 4) is 10.6 Å². The second-order valence-electron chi connectivity index (χ2n) is 5.87. The molecule has 1 amide bonds. The topological polar surface area (TPSA) is 72.0 Å². The zero-order valence-electron chi connectivity index (χ0n) is 15.0. The summed E-state index contributed by atoms with van der Waals surface area (Å²) in [5, 5.41) is 4.20. The van der Waals surface area contributed by atoms with Gasteiger partial charge in [-0.3, -0.25) is 9.59 Å². The lowest BCUT2D eigenvalue weighted by Gasteiger charge is -2.10. The van der Waals surface area contributed by atoms with E-state index < -0.39 is 17.8 Å². The Labute approximate surface area is 172 Å². The number of amides is 1. The summed E-state index contributed by atoms with van der Waals surface area (Å²) in [6, 6.07) is 10.7. The molecule has 1 aromatic carbocycles. The van der Waals surface area contributed by atoms with E-state index in [4.69, 9.17) is 0 Å². The van der Waals surface area contributed by atoms with Crippen LogP contribution in [0.25, 0.3) is 10.6 Å². The number of hydrogen-bond donors (Lipinski definition) is 1. The minimum absolute atomic E-state index is 0.143. The minimum Gasteiger partial charge on any atom is -0.325 e. The highest BCUT2D eigenvalue weighted by atomic mass is 32.2. The number of Topliss-reactive ketones (excluding diaryl/α,β-unsaturated/α-hetero) is 1. The van der Waals surface area contributed by atoms with E-state index in [1.54, 1.807) is 35.7 Å². The Morgan fingerprint density at radius 3 is 2.59 bits per heavy atom. The number of halogens is 3. The van der Waals surface area contributed by atoms with Crippen molar-refractivity contribution >= 4 is 40.5 Å². The molecule has 29 heavy (non-hydrogen) atoms. The number of carbonyl (C=O) groups is 2. The number of nitrogens with zero attached hydrogens (tertiary/aromatic N) is 2. The molecule has 0 atom stereocenters. The zero-order valence-corrected chi connectivity index (χ0v) is 16.6. The summed E-state index contributed by atoms with van der Waals surface area (Å²) in [6.45, 7) is 1.41. The van der Waals surface area contributed by atoms with E-state index >= 15 is 0 Å². The number of carbonyl (C=O) groups excluding carboxylic acids is 2. The van der Waals surface area contributed by atoms with Crippen LogP contribution in [0.1, 0.15) is 23.0 Å². The lowest BCUT2D eigenvalue weighted by Crippen LogP contribution is -2.15. The molecule has 0 aliphatic rings. The molecule has 1 N–H and O–H groups in total. The number of aromatic nitrogens is 2. The summed E-state index contributed by atoms with van der Waals surface area (Å²) in [5.74, 6) is -0.779. The normalized spacial score (nSPS) is 11.3. The molecule has 5 nitrogen and oxygen atoms in total. The van der Waals surface area contributed by atoms with Gasteiger partial charge >= 0.3 is 6.18 Å². The number of alkyl halides is 3. The molecule has 0 unspecified atom stereocenters. The number of rotatable bonds is 6. The quantitative estimate of drug-likeness (QED) is 0.328. The average molecular weight is 437 g/mol. The molecule has 0 aliphatic carbocycles. The third-order valence-corrected chi connectivity index (χ3v) is 5.39. The Morgan fingerprint density at radius 1 is 1.14 bits per heavy atom. The van der Waals surface area contributed by atoms with Gasteiger partial charge in [0.25, 0.3) is 0 Å². The summed E-state index contributed by atoms with van der Waals surface area (Å²) in [5.41, 5.74) is -0.0443. The fourth-order valence-corrected chi connectivity index (χ4v) is 3.67. The van der Waals surface area contributed by atoms with Gasteiger partial charge in [-0.1, -0.05) is 30.0 Å². The van der Waals surface area contributed by atoms with E-state index in [2.05, 4.69) is 15.3 Å². The number of ketones is 1. The lowest BCUT2D eigenvalue weighted by atomic mass is 10.1. The number of thiophene rings is 1. The molecule has 0 spiro atoms. The fourth-order valence-electron chi connectivity index (χ4n) is 2.33. The van der Waals surface area contributed by atoms with E-state index in [0.29, 0.717) is 16.1 Å². The maximum absolute atomic E-state index is 13.2. The predicted octanol–water partition coefficient (Wildman–Crippen LogP) is 5.16. The van der Waals surface area contributed by atoms with Crippen LogP contribution in [0, 0.1) is 0 Å². The van der Waals surface area contributed by atoms with Gasteiger partial charge in [0.1, 0.15) is 5.69 Å². The van der Waals surface area contributed by atoms with Gasteiger partial charge in [0.2, 0.25) is 5.91 Å². The van der Waals surface area contributed by atoms with Crippen LogP contribution in [0.2, 0.25) is 0 Å². The van der Waals surface area contributed by atoms with Crippen LogP contribution < -0.4 is 5.32 Å². The Bertz CT molecular complexity index is 1040. The zero-order chi connectivity index (χ0) is 21.0. The van der Waals surface area contributed by atoms with E-state index in [-0.39, 0.29) is 22.4 Å². The van der Waals surface area contributed by atoms with E-state index in [9.17, 15) is 22.8 Å². The van der Waals surface area contributed by atoms with Crippen LogP contribution in [-0.4, -0.2) is 27.4 Å². The van der Waals surface area contributed by atoms with Crippen molar-refractivity contribution in [2.75, 3.05) is 11.1 Å². The lowest BCUT2D eigenvalue weighted by molar-refractivity contribution is -0.141. The van der Waals surface area contributed by atoms with Gasteiger partial charge in [-0.15, -0.1) is 11.3 Å². The van der Waals surface area contributed by atoms with Crippen molar-refractivity contribution < 1.29 is 22.8 Å². The second kappa shape index (κ2) is 8.75. The largest absolute Gasteiger partial charge is 0.433 e. The molecule has 0 saturated heterocycles. The smallest absolute Gasteiger partial charge is 0.325 e. The first kappa shape index (κ1) is 21.0. The summed E-state index contributed by atoms with van der Waals surface area (Å²) in [6.07, 6.45) is -4.63. The average Bonchev–Trinajstić information content (AvgIpc) is 3.20. The molecule has 2 heterocycles. The third-order valence-electron chi connectivity index (χ3n) is 3.65. The van der Waals surface area contributed by atoms with Crippen molar-refractivity contribution in [3.05, 3.63) is 59.1 Å². The van der Waals surface area contributed by atoms with Crippen LogP contribution in [0.4, 0.5) is 18.9 Å². The first-order valence-corrected chi connectivity index (χ1v) is 10.1. The van der Waals surface area contributed by atoms with Crippen LogP contribution in [-0.2, 0) is 11.0 Å². The molecule has 0 bridgehead atoms. The first-order chi connectivity index (χ1) is 13.7. The molecular weight excluding hydrogens is 423 g/mol. The highest BCUT2D eigenvalue weighted by molar-refractivity contribution is 7.99. The van der Waals surface area contributed by atoms with Crippen molar-refractivity contribution in [1.29, 1.82) is 0 Å². The molecule has 150 valence electrons. The highest BCUT2D eigenvalue weighted by Gasteiger charge is 2.34. The molecule has 2 aromatic heterocycles. The molecule has 10 heteroatoms. The third kappa shape index (κ3) is 5.64. The molecule has 0 radical (unpaired) electrons. The standard InChI is InChI=1S/C19H14F3N3O2S2/c1-11(26)12-4-2-5-13(8-12)23-17(27)10-29-18-24-14(15-6-3-7-28-15)9-16(25-18)19(20,21)22/h2-9H,10H2,1H3,(H,23,27). The van der Waals surface area contributed by atoms with Crippen LogP contribution in [0.3, 0.4) is 0 Å².